The highest BCUT2D eigenvalue weighted by atomic mass is 16.7. The molecule has 1 aromatic carbocycles. The average molecular weight is 375 g/mol. The summed E-state index contributed by atoms with van der Waals surface area (Å²) in [5, 5.41) is 15.5. The molecule has 10 nitrogen and oxygen atoms in total. The minimum absolute atomic E-state index is 0.305. The molecule has 10 heteroatoms. The van der Waals surface area contributed by atoms with Crippen molar-refractivity contribution in [2.75, 3.05) is 18.5 Å². The van der Waals surface area contributed by atoms with Crippen molar-refractivity contribution in [3.8, 4) is 0 Å². The topological polar surface area (TPSA) is 141 Å². The first-order valence-corrected chi connectivity index (χ1v) is 7.96. The summed E-state index contributed by atoms with van der Waals surface area (Å²) in [6.45, 7) is 0.988. The fourth-order valence-corrected chi connectivity index (χ4v) is 2.11. The summed E-state index contributed by atoms with van der Waals surface area (Å²) in [6, 6.07) is 9.34. The van der Waals surface area contributed by atoms with Gasteiger partial charge in [-0.05, 0) is 24.1 Å². The van der Waals surface area contributed by atoms with Gasteiger partial charge in [0.1, 0.15) is 4.92 Å². The molecule has 0 aliphatic heterocycles. The van der Waals surface area contributed by atoms with Crippen LogP contribution in [0.2, 0.25) is 0 Å². The highest BCUT2D eigenvalue weighted by Crippen LogP contribution is 2.16. The molecule has 0 bridgehead atoms. The van der Waals surface area contributed by atoms with Gasteiger partial charge in [0, 0.05) is 5.69 Å². The van der Waals surface area contributed by atoms with Gasteiger partial charge in [0.15, 0.2) is 6.61 Å². The number of furan rings is 1. The molecule has 0 aliphatic carbocycles. The van der Waals surface area contributed by atoms with Crippen LogP contribution in [0.15, 0.2) is 40.8 Å². The van der Waals surface area contributed by atoms with E-state index in [9.17, 15) is 24.5 Å². The second-order valence-corrected chi connectivity index (χ2v) is 5.31. The number of hydrogen-bond donors (Lipinski definition) is 2. The third-order valence-electron chi connectivity index (χ3n) is 3.43. The van der Waals surface area contributed by atoms with E-state index in [0.29, 0.717) is 5.69 Å². The average Bonchev–Trinajstić information content (AvgIpc) is 3.15. The zero-order valence-corrected chi connectivity index (χ0v) is 14.4. The van der Waals surface area contributed by atoms with Crippen LogP contribution < -0.4 is 10.6 Å². The van der Waals surface area contributed by atoms with E-state index in [1.807, 2.05) is 19.1 Å². The molecule has 0 unspecified atom stereocenters. The van der Waals surface area contributed by atoms with Crippen molar-refractivity contribution in [3.63, 3.8) is 0 Å². The van der Waals surface area contributed by atoms with Gasteiger partial charge in [-0.3, -0.25) is 19.7 Å². The third kappa shape index (κ3) is 5.66. The molecule has 0 spiro atoms. The number of nitrogens with zero attached hydrogens (tertiary/aromatic N) is 1. The standard InChI is InChI=1S/C17H17N3O7/c1-2-11-5-3-4-6-12(11)19-14(21)9-18-15(22)10-26-17(23)13-7-8-16(27-13)20(24)25/h3-8H,2,9-10H2,1H3,(H,18,22)(H,19,21). The first-order valence-electron chi connectivity index (χ1n) is 7.96. The maximum Gasteiger partial charge on any atom is 0.433 e. The van der Waals surface area contributed by atoms with Crippen molar-refractivity contribution in [2.45, 2.75) is 13.3 Å². The van der Waals surface area contributed by atoms with Crippen molar-refractivity contribution in [1.82, 2.24) is 5.32 Å². The van der Waals surface area contributed by atoms with Gasteiger partial charge in [-0.2, -0.15) is 0 Å². The Bertz CT molecular complexity index is 860. The molecule has 0 radical (unpaired) electrons. The Kier molecular flexibility index (Phi) is 6.64. The van der Waals surface area contributed by atoms with Gasteiger partial charge in [-0.15, -0.1) is 0 Å². The van der Waals surface area contributed by atoms with Gasteiger partial charge in [-0.1, -0.05) is 25.1 Å². The summed E-state index contributed by atoms with van der Waals surface area (Å²) in [4.78, 5) is 44.9. The number of aryl methyl sites for hydroxylation is 1. The number of para-hydroxylation sites is 1. The first-order chi connectivity index (χ1) is 12.9. The van der Waals surface area contributed by atoms with Crippen molar-refractivity contribution < 1.29 is 28.5 Å². The lowest BCUT2D eigenvalue weighted by Crippen LogP contribution is -2.35. The number of benzene rings is 1. The van der Waals surface area contributed by atoms with E-state index in [-0.39, 0.29) is 6.54 Å². The van der Waals surface area contributed by atoms with Crippen molar-refractivity contribution in [2.24, 2.45) is 0 Å². The maximum absolute atomic E-state index is 11.9. The molecule has 1 heterocycles. The van der Waals surface area contributed by atoms with Gasteiger partial charge in [0.2, 0.25) is 11.7 Å². The highest BCUT2D eigenvalue weighted by molar-refractivity contribution is 5.95. The van der Waals surface area contributed by atoms with E-state index >= 15 is 0 Å². The second-order valence-electron chi connectivity index (χ2n) is 5.31. The van der Waals surface area contributed by atoms with Crippen LogP contribution in [0.25, 0.3) is 0 Å². The SMILES string of the molecule is CCc1ccccc1NC(=O)CNC(=O)COC(=O)c1ccc([N+](=O)[O-])o1. The third-order valence-corrected chi connectivity index (χ3v) is 3.43. The number of amides is 2. The monoisotopic (exact) mass is 375 g/mol. The van der Waals surface area contributed by atoms with E-state index in [1.165, 1.54) is 0 Å². The van der Waals surface area contributed by atoms with E-state index in [2.05, 4.69) is 19.8 Å². The smallest absolute Gasteiger partial charge is 0.433 e. The van der Waals surface area contributed by atoms with E-state index in [0.717, 1.165) is 24.1 Å². The number of carbonyl (C=O) groups excluding carboxylic acids is 3. The molecule has 2 rings (SSSR count). The van der Waals surface area contributed by atoms with Gasteiger partial charge in [0.25, 0.3) is 5.91 Å². The molecule has 27 heavy (non-hydrogen) atoms. The lowest BCUT2D eigenvalue weighted by molar-refractivity contribution is -0.402. The largest absolute Gasteiger partial charge is 0.450 e. The number of hydrogen-bond acceptors (Lipinski definition) is 7. The van der Waals surface area contributed by atoms with Gasteiger partial charge < -0.3 is 19.8 Å². The van der Waals surface area contributed by atoms with Crippen LogP contribution in [0.5, 0.6) is 0 Å². The Morgan fingerprint density at radius 3 is 2.56 bits per heavy atom. The fraction of sp³-hybridized carbons (Fsp3) is 0.235. The number of nitro groups is 1. The highest BCUT2D eigenvalue weighted by Gasteiger charge is 2.19. The Labute approximate surface area is 153 Å². The van der Waals surface area contributed by atoms with Gasteiger partial charge >= 0.3 is 11.9 Å². The molecule has 142 valence electrons. The molecule has 0 aliphatic rings. The zero-order chi connectivity index (χ0) is 19.8. The van der Waals surface area contributed by atoms with E-state index < -0.39 is 41.0 Å². The van der Waals surface area contributed by atoms with E-state index in [1.54, 1.807) is 12.1 Å². The summed E-state index contributed by atoms with van der Waals surface area (Å²) in [6.07, 6.45) is 0.740. The summed E-state index contributed by atoms with van der Waals surface area (Å²) in [5.74, 6) is -3.18. The normalized spacial score (nSPS) is 10.1. The van der Waals surface area contributed by atoms with Crippen LogP contribution in [-0.4, -0.2) is 35.9 Å². The fourth-order valence-electron chi connectivity index (χ4n) is 2.11. The predicted octanol–water partition coefficient (Wildman–Crippen LogP) is 1.66. The molecule has 0 saturated carbocycles. The summed E-state index contributed by atoms with van der Waals surface area (Å²) >= 11 is 0. The van der Waals surface area contributed by atoms with Gasteiger partial charge in [0.05, 0.1) is 12.6 Å². The van der Waals surface area contributed by atoms with Crippen molar-refractivity contribution in [3.05, 3.63) is 57.8 Å². The molecular weight excluding hydrogens is 358 g/mol. The number of esters is 1. The molecular formula is C17H17N3O7. The number of rotatable bonds is 8. The van der Waals surface area contributed by atoms with Crippen LogP contribution >= 0.6 is 0 Å². The van der Waals surface area contributed by atoms with Gasteiger partial charge in [-0.25, -0.2) is 4.79 Å². The number of anilines is 1. The summed E-state index contributed by atoms with van der Waals surface area (Å²) in [7, 11) is 0. The maximum atomic E-state index is 11.9. The Hall–Kier alpha value is -3.69. The van der Waals surface area contributed by atoms with Crippen LogP contribution in [0.1, 0.15) is 23.0 Å². The Morgan fingerprint density at radius 1 is 1.15 bits per heavy atom. The predicted molar refractivity (Wildman–Crippen MR) is 93.1 cm³/mol. The number of carbonyl (C=O) groups is 3. The Balaban J connectivity index is 1.76. The lowest BCUT2D eigenvalue weighted by atomic mass is 10.1. The minimum Gasteiger partial charge on any atom is -0.450 e. The molecule has 2 amide bonds. The van der Waals surface area contributed by atoms with Crippen LogP contribution in [0.3, 0.4) is 0 Å². The molecule has 0 saturated heterocycles. The Morgan fingerprint density at radius 2 is 1.89 bits per heavy atom. The quantitative estimate of drug-likeness (QED) is 0.406. The van der Waals surface area contributed by atoms with Crippen LogP contribution in [0.4, 0.5) is 11.6 Å². The first kappa shape index (κ1) is 19.6. The molecule has 2 aromatic rings. The molecule has 1 aromatic heterocycles. The summed E-state index contributed by atoms with van der Waals surface area (Å²) < 4.78 is 9.33. The van der Waals surface area contributed by atoms with Crippen LogP contribution in [0, 0.1) is 10.1 Å². The number of ether oxygens (including phenoxy) is 1. The molecule has 0 atom stereocenters. The van der Waals surface area contributed by atoms with Crippen LogP contribution in [-0.2, 0) is 20.7 Å². The van der Waals surface area contributed by atoms with Crippen molar-refractivity contribution in [1.29, 1.82) is 0 Å². The van der Waals surface area contributed by atoms with E-state index in [4.69, 9.17) is 0 Å². The van der Waals surface area contributed by atoms with Crippen molar-refractivity contribution >= 4 is 29.4 Å². The minimum atomic E-state index is -1.03. The second kappa shape index (κ2) is 9.13. The zero-order valence-electron chi connectivity index (χ0n) is 14.4. The summed E-state index contributed by atoms with van der Waals surface area (Å²) in [5.41, 5.74) is 1.61. The number of nitrogens with one attached hydrogen (secondary N) is 2. The molecule has 0 fully saturated rings. The lowest BCUT2D eigenvalue weighted by Gasteiger charge is -2.10. The molecule has 2 N–H and O–H groups in total.